The molecule has 1 aromatic heterocycles. The summed E-state index contributed by atoms with van der Waals surface area (Å²) in [6.45, 7) is 1.84. The second kappa shape index (κ2) is 14.7. The lowest BCUT2D eigenvalue weighted by molar-refractivity contribution is -0.126. The van der Waals surface area contributed by atoms with E-state index in [0.29, 0.717) is 49.5 Å². The first-order valence-corrected chi connectivity index (χ1v) is 15.4. The smallest absolute Gasteiger partial charge is 0.275 e. The van der Waals surface area contributed by atoms with Gasteiger partial charge >= 0.3 is 0 Å². The second-order valence-corrected chi connectivity index (χ2v) is 11.7. The van der Waals surface area contributed by atoms with Crippen molar-refractivity contribution in [3.8, 4) is 11.3 Å². The Hall–Kier alpha value is -3.63. The topological polar surface area (TPSA) is 102 Å². The number of halogens is 2. The van der Waals surface area contributed by atoms with Crippen LogP contribution in [-0.4, -0.2) is 64.7 Å². The number of carbonyl (C=O) groups is 2. The predicted molar refractivity (Wildman–Crippen MR) is 160 cm³/mol. The maximum Gasteiger partial charge on any atom is 0.275 e. The maximum atomic E-state index is 13.9. The summed E-state index contributed by atoms with van der Waals surface area (Å²) in [7, 11) is 0. The molecule has 2 aromatic carbocycles. The van der Waals surface area contributed by atoms with E-state index in [0.717, 1.165) is 43.0 Å². The van der Waals surface area contributed by atoms with Crippen LogP contribution in [0.15, 0.2) is 54.9 Å². The third-order valence-electron chi connectivity index (χ3n) is 8.53. The van der Waals surface area contributed by atoms with Crippen molar-refractivity contribution in [3.63, 3.8) is 0 Å². The number of piperazine rings is 1. The number of hydrogen-bond donors (Lipinski definition) is 2. The van der Waals surface area contributed by atoms with Gasteiger partial charge in [0.05, 0.1) is 18.1 Å². The Bertz CT molecular complexity index is 1350. The van der Waals surface area contributed by atoms with Gasteiger partial charge in [-0.3, -0.25) is 9.59 Å². The highest BCUT2D eigenvalue weighted by molar-refractivity contribution is 5.98. The molecule has 10 heteroatoms. The summed E-state index contributed by atoms with van der Waals surface area (Å²) in [5, 5.41) is 3.32. The van der Waals surface area contributed by atoms with Crippen LogP contribution in [0.4, 0.5) is 8.78 Å². The first-order valence-electron chi connectivity index (χ1n) is 15.4. The molecule has 2 aliphatic carbocycles. The third kappa shape index (κ3) is 8.06. The molecule has 3 aliphatic rings. The first-order chi connectivity index (χ1) is 20.9. The van der Waals surface area contributed by atoms with Gasteiger partial charge in [-0.2, -0.15) is 0 Å². The summed E-state index contributed by atoms with van der Waals surface area (Å²) < 4.78 is 34.8. The lowest BCUT2D eigenvalue weighted by atomic mass is 9.94. The zero-order chi connectivity index (χ0) is 30.2. The van der Waals surface area contributed by atoms with Crippen molar-refractivity contribution in [2.24, 2.45) is 5.73 Å². The summed E-state index contributed by atoms with van der Waals surface area (Å²) in [5.74, 6) is -1.71. The average Bonchev–Trinajstić information content (AvgIpc) is 3.42. The number of ether oxygens (including phenoxy) is 1. The van der Waals surface area contributed by atoms with Crippen LogP contribution in [0.3, 0.4) is 0 Å². The number of nitrogens with two attached hydrogens (primary N) is 1. The van der Waals surface area contributed by atoms with Gasteiger partial charge in [0.25, 0.3) is 5.91 Å². The molecule has 1 atom stereocenters. The Morgan fingerprint density at radius 3 is 2.35 bits per heavy atom. The van der Waals surface area contributed by atoms with E-state index in [1.165, 1.54) is 37.8 Å². The van der Waals surface area contributed by atoms with Gasteiger partial charge in [0, 0.05) is 43.3 Å². The number of imidazole rings is 1. The number of benzene rings is 2. The van der Waals surface area contributed by atoms with Crippen LogP contribution in [0.5, 0.6) is 0 Å². The third-order valence-corrected chi connectivity index (χ3v) is 8.53. The molecule has 43 heavy (non-hydrogen) atoms. The van der Waals surface area contributed by atoms with Crippen molar-refractivity contribution in [2.45, 2.75) is 76.0 Å². The minimum Gasteiger partial charge on any atom is -0.368 e. The molecule has 0 spiro atoms. The minimum absolute atomic E-state index is 0.0880. The lowest BCUT2D eigenvalue weighted by Gasteiger charge is -2.36. The SMILES string of the molecule is NC(=O)COC1CCC1.O=C(c1ncn(C2CCCCC2)c1-c1ccccc1)N1CCNC[C@H]1Cc1cc(F)cc(F)c1. The zero-order valence-corrected chi connectivity index (χ0v) is 24.5. The van der Waals surface area contributed by atoms with Crippen LogP contribution in [0.2, 0.25) is 0 Å². The summed E-state index contributed by atoms with van der Waals surface area (Å²) >= 11 is 0. The molecule has 8 nitrogen and oxygen atoms in total. The number of nitrogens with one attached hydrogen (secondary N) is 1. The molecule has 1 saturated heterocycles. The van der Waals surface area contributed by atoms with Crippen LogP contribution in [-0.2, 0) is 16.0 Å². The minimum atomic E-state index is -0.603. The van der Waals surface area contributed by atoms with E-state index in [2.05, 4.69) is 14.9 Å². The number of nitrogens with zero attached hydrogens (tertiary/aromatic N) is 3. The van der Waals surface area contributed by atoms with Crippen molar-refractivity contribution in [1.82, 2.24) is 19.8 Å². The fraction of sp³-hybridized carbons (Fsp3) is 0.485. The van der Waals surface area contributed by atoms with Crippen molar-refractivity contribution in [3.05, 3.63) is 77.8 Å². The fourth-order valence-electron chi connectivity index (χ4n) is 6.12. The Kier molecular flexibility index (Phi) is 10.5. The zero-order valence-electron chi connectivity index (χ0n) is 24.5. The molecular formula is C33H41F2N5O3. The van der Waals surface area contributed by atoms with Crippen LogP contribution in [0.1, 0.15) is 73.5 Å². The van der Waals surface area contributed by atoms with Crippen LogP contribution < -0.4 is 11.1 Å². The van der Waals surface area contributed by atoms with Crippen molar-refractivity contribution in [1.29, 1.82) is 0 Å². The van der Waals surface area contributed by atoms with Gasteiger partial charge < -0.3 is 25.3 Å². The number of amides is 2. The molecule has 230 valence electrons. The summed E-state index contributed by atoms with van der Waals surface area (Å²) in [5.41, 5.74) is 7.70. The maximum absolute atomic E-state index is 13.9. The number of hydrogen-bond acceptors (Lipinski definition) is 5. The molecule has 2 amide bonds. The molecule has 0 bridgehead atoms. The molecular weight excluding hydrogens is 552 g/mol. The molecule has 3 fully saturated rings. The molecule has 3 N–H and O–H groups in total. The highest BCUT2D eigenvalue weighted by Crippen LogP contribution is 2.35. The van der Waals surface area contributed by atoms with E-state index in [1.807, 2.05) is 41.6 Å². The molecule has 2 heterocycles. The second-order valence-electron chi connectivity index (χ2n) is 11.7. The van der Waals surface area contributed by atoms with E-state index >= 15 is 0 Å². The van der Waals surface area contributed by atoms with Gasteiger partial charge in [-0.05, 0) is 56.2 Å². The molecule has 6 rings (SSSR count). The first kappa shape index (κ1) is 30.8. The lowest BCUT2D eigenvalue weighted by Crippen LogP contribution is -2.54. The molecule has 2 saturated carbocycles. The Morgan fingerprint density at radius 2 is 1.70 bits per heavy atom. The van der Waals surface area contributed by atoms with E-state index in [9.17, 15) is 18.4 Å². The summed E-state index contributed by atoms with van der Waals surface area (Å²) in [4.78, 5) is 30.5. The van der Waals surface area contributed by atoms with E-state index in [-0.39, 0.29) is 24.5 Å². The Morgan fingerprint density at radius 1 is 0.977 bits per heavy atom. The molecule has 3 aromatic rings. The van der Waals surface area contributed by atoms with E-state index < -0.39 is 11.6 Å². The van der Waals surface area contributed by atoms with Gasteiger partial charge in [0.1, 0.15) is 18.2 Å². The normalized spacial score (nSPS) is 19.3. The van der Waals surface area contributed by atoms with Crippen molar-refractivity contribution >= 4 is 11.8 Å². The van der Waals surface area contributed by atoms with Gasteiger partial charge in [-0.25, -0.2) is 13.8 Å². The average molecular weight is 594 g/mol. The van der Waals surface area contributed by atoms with Crippen LogP contribution in [0.25, 0.3) is 11.3 Å². The van der Waals surface area contributed by atoms with Crippen LogP contribution in [0, 0.1) is 11.6 Å². The van der Waals surface area contributed by atoms with Gasteiger partial charge in [-0.15, -0.1) is 0 Å². The predicted octanol–water partition coefficient (Wildman–Crippen LogP) is 5.03. The standard InChI is InChI=1S/C27H30F2N4O.C6H11NO2/c28-21-13-19(14-22(29)16-21)15-24-17-30-11-12-32(24)27(34)25-26(20-7-3-1-4-8-20)33(18-31-25)23-9-5-2-6-10-23;7-6(8)4-9-5-2-1-3-5/h1,3-4,7-8,13-14,16,18,23-24,30H,2,5-6,9-12,15,17H2;5H,1-4H2,(H2,7,8)/t24-;/m1./s1. The largest absolute Gasteiger partial charge is 0.368 e. The highest BCUT2D eigenvalue weighted by atomic mass is 19.1. The van der Waals surface area contributed by atoms with Crippen molar-refractivity contribution in [2.75, 3.05) is 26.2 Å². The monoisotopic (exact) mass is 593 g/mol. The number of primary amides is 1. The van der Waals surface area contributed by atoms with E-state index in [1.54, 1.807) is 0 Å². The number of aromatic nitrogens is 2. The van der Waals surface area contributed by atoms with Gasteiger partial charge in [-0.1, -0.05) is 49.6 Å². The summed E-state index contributed by atoms with van der Waals surface area (Å²) in [6.07, 6.45) is 11.7. The molecule has 0 radical (unpaired) electrons. The van der Waals surface area contributed by atoms with Gasteiger partial charge in [0.15, 0.2) is 5.69 Å². The fourth-order valence-corrected chi connectivity index (χ4v) is 6.12. The molecule has 1 aliphatic heterocycles. The van der Waals surface area contributed by atoms with Crippen LogP contribution >= 0.6 is 0 Å². The van der Waals surface area contributed by atoms with E-state index in [4.69, 9.17) is 10.5 Å². The van der Waals surface area contributed by atoms with Crippen molar-refractivity contribution < 1.29 is 23.1 Å². The number of rotatable bonds is 8. The quantitative estimate of drug-likeness (QED) is 0.382. The molecule has 0 unspecified atom stereocenters. The highest BCUT2D eigenvalue weighted by Gasteiger charge is 2.32. The number of carbonyl (C=O) groups excluding carboxylic acids is 2. The van der Waals surface area contributed by atoms with Gasteiger partial charge in [0.2, 0.25) is 5.91 Å². The Balaban J connectivity index is 0.000000351. The summed E-state index contributed by atoms with van der Waals surface area (Å²) in [6, 6.07) is 13.7. The Labute approximate surface area is 251 Å².